The van der Waals surface area contributed by atoms with Gasteiger partial charge in [0.1, 0.15) is 19.3 Å². The van der Waals surface area contributed by atoms with Crippen LogP contribution in [0.15, 0.2) is 0 Å². The number of carbonyl (C=O) groups is 5. The lowest BCUT2D eigenvalue weighted by atomic mass is 10.1. The second-order valence-electron chi connectivity index (χ2n) is 5.59. The molecule has 3 amide bonds. The fourth-order valence-corrected chi connectivity index (χ4v) is 1.97. The Morgan fingerprint density at radius 3 is 2.32 bits per heavy atom. The molecule has 0 heterocycles. The number of esters is 1. The summed E-state index contributed by atoms with van der Waals surface area (Å²) in [6.45, 7) is 0.620. The highest BCUT2D eigenvalue weighted by Crippen LogP contribution is 2.03. The average Bonchev–Trinajstić information content (AvgIpc) is 2.64. The monoisotopic (exact) mass is 404 g/mol. The van der Waals surface area contributed by atoms with Gasteiger partial charge >= 0.3 is 11.9 Å². The lowest BCUT2D eigenvalue weighted by molar-refractivity contribution is -0.147. The normalized spacial score (nSPS) is 11.2. The van der Waals surface area contributed by atoms with Crippen LogP contribution in [0.1, 0.15) is 26.2 Å². The second kappa shape index (κ2) is 15.3. The fraction of sp³-hybridized carbons (Fsp3) is 0.688. The first-order valence-corrected chi connectivity index (χ1v) is 8.79. The third-order valence-electron chi connectivity index (χ3n) is 3.24. The summed E-state index contributed by atoms with van der Waals surface area (Å²) in [7, 11) is 0. The van der Waals surface area contributed by atoms with E-state index in [0.717, 1.165) is 0 Å². The Kier molecular flexibility index (Phi) is 13.8. The molecule has 12 heteroatoms. The highest BCUT2D eigenvalue weighted by atomic mass is 16.5. The van der Waals surface area contributed by atoms with Crippen molar-refractivity contribution in [3.63, 3.8) is 0 Å². The number of aliphatic carboxylic acids is 1. The lowest BCUT2D eigenvalue weighted by Crippen LogP contribution is -2.47. The van der Waals surface area contributed by atoms with Crippen LogP contribution in [0.3, 0.4) is 0 Å². The third kappa shape index (κ3) is 13.5. The molecule has 0 aliphatic heterocycles. The molecule has 0 saturated carbocycles. The van der Waals surface area contributed by atoms with Crippen LogP contribution in [0.5, 0.6) is 0 Å². The molecular formula is C16H28N4O8. The van der Waals surface area contributed by atoms with Crippen molar-refractivity contribution in [2.45, 2.75) is 32.2 Å². The summed E-state index contributed by atoms with van der Waals surface area (Å²) < 4.78 is 9.56. The predicted molar refractivity (Wildman–Crippen MR) is 95.9 cm³/mol. The first kappa shape index (κ1) is 25.3. The van der Waals surface area contributed by atoms with Gasteiger partial charge in [-0.05, 0) is 26.2 Å². The number of hydrogen-bond donors (Lipinski definition) is 5. The van der Waals surface area contributed by atoms with Gasteiger partial charge in [0.2, 0.25) is 17.7 Å². The number of hydrogen-bond acceptors (Lipinski definition) is 8. The summed E-state index contributed by atoms with van der Waals surface area (Å²) in [5.41, 5.74) is 5.12. The maximum atomic E-state index is 11.9. The number of carboxylic acid groups (broad SMARTS) is 1. The minimum Gasteiger partial charge on any atom is -0.480 e. The quantitative estimate of drug-likeness (QED) is 0.145. The predicted octanol–water partition coefficient (Wildman–Crippen LogP) is -2.50. The van der Waals surface area contributed by atoms with Crippen molar-refractivity contribution in [2.75, 3.05) is 39.5 Å². The van der Waals surface area contributed by atoms with Crippen molar-refractivity contribution in [1.29, 1.82) is 0 Å². The van der Waals surface area contributed by atoms with Gasteiger partial charge in [-0.15, -0.1) is 0 Å². The number of rotatable bonds is 15. The van der Waals surface area contributed by atoms with Gasteiger partial charge in [0.15, 0.2) is 0 Å². The van der Waals surface area contributed by atoms with Crippen LogP contribution in [-0.2, 0) is 33.4 Å². The Balaban J connectivity index is 4.20. The van der Waals surface area contributed by atoms with Crippen molar-refractivity contribution in [3.8, 4) is 0 Å². The molecule has 0 spiro atoms. The molecule has 0 aromatic carbocycles. The number of carbonyl (C=O) groups excluding carboxylic acids is 4. The van der Waals surface area contributed by atoms with Crippen LogP contribution in [0.4, 0.5) is 0 Å². The van der Waals surface area contributed by atoms with Crippen LogP contribution < -0.4 is 21.7 Å². The zero-order chi connectivity index (χ0) is 21.4. The molecule has 0 aromatic heterocycles. The molecule has 0 bridgehead atoms. The minimum atomic E-state index is -1.16. The average molecular weight is 404 g/mol. The number of carboxylic acids is 1. The molecule has 0 unspecified atom stereocenters. The SMILES string of the molecule is CCOC(=O)[C@H](CCCCNC(=O)COCC(=O)O)NC(=O)CNC(=O)CN. The van der Waals surface area contributed by atoms with Crippen LogP contribution in [-0.4, -0.2) is 80.3 Å². The molecule has 0 radical (unpaired) electrons. The van der Waals surface area contributed by atoms with Gasteiger partial charge in [0.05, 0.1) is 19.7 Å². The highest BCUT2D eigenvalue weighted by molar-refractivity contribution is 5.88. The van der Waals surface area contributed by atoms with Gasteiger partial charge in [-0.3, -0.25) is 14.4 Å². The van der Waals surface area contributed by atoms with Gasteiger partial charge in [-0.1, -0.05) is 0 Å². The standard InChI is InChI=1S/C16H28N4O8/c1-2-28-16(26)11(20-13(22)8-19-12(21)7-17)5-3-4-6-18-14(23)9-27-10-15(24)25/h11H,2-10,17H2,1H3,(H,18,23)(H,19,21)(H,20,22)(H,24,25)/t11-/m0/s1. The van der Waals surface area contributed by atoms with Crippen molar-refractivity contribution in [2.24, 2.45) is 5.73 Å². The summed E-state index contributed by atoms with van der Waals surface area (Å²) in [6, 6.07) is -0.878. The fourth-order valence-electron chi connectivity index (χ4n) is 1.97. The van der Waals surface area contributed by atoms with E-state index in [1.807, 2.05) is 0 Å². The second-order valence-corrected chi connectivity index (χ2v) is 5.59. The van der Waals surface area contributed by atoms with Crippen molar-refractivity contribution >= 4 is 29.7 Å². The molecular weight excluding hydrogens is 376 g/mol. The smallest absolute Gasteiger partial charge is 0.329 e. The Hall–Kier alpha value is -2.73. The number of amides is 3. The number of unbranched alkanes of at least 4 members (excludes halogenated alkanes) is 1. The van der Waals surface area contributed by atoms with E-state index >= 15 is 0 Å². The van der Waals surface area contributed by atoms with E-state index in [-0.39, 0.29) is 32.7 Å². The zero-order valence-electron chi connectivity index (χ0n) is 15.8. The molecule has 12 nitrogen and oxygen atoms in total. The van der Waals surface area contributed by atoms with E-state index in [0.29, 0.717) is 19.4 Å². The first-order chi connectivity index (χ1) is 13.3. The van der Waals surface area contributed by atoms with Gasteiger partial charge in [-0.25, -0.2) is 9.59 Å². The molecule has 0 rings (SSSR count). The molecule has 0 aliphatic rings. The van der Waals surface area contributed by atoms with Crippen molar-refractivity contribution < 1.29 is 38.6 Å². The van der Waals surface area contributed by atoms with E-state index in [1.54, 1.807) is 6.92 Å². The zero-order valence-corrected chi connectivity index (χ0v) is 15.8. The summed E-state index contributed by atoms with van der Waals surface area (Å²) in [6.07, 6.45) is 1.29. The molecule has 160 valence electrons. The Labute approximate surface area is 162 Å². The third-order valence-corrected chi connectivity index (χ3v) is 3.24. The van der Waals surface area contributed by atoms with Crippen LogP contribution in [0.25, 0.3) is 0 Å². The van der Waals surface area contributed by atoms with E-state index in [4.69, 9.17) is 15.6 Å². The lowest BCUT2D eigenvalue weighted by Gasteiger charge is -2.17. The molecule has 0 aliphatic carbocycles. The number of ether oxygens (including phenoxy) is 2. The molecule has 0 aromatic rings. The number of nitrogens with one attached hydrogen (secondary N) is 3. The van der Waals surface area contributed by atoms with Gasteiger partial charge in [0.25, 0.3) is 0 Å². The highest BCUT2D eigenvalue weighted by Gasteiger charge is 2.21. The molecule has 6 N–H and O–H groups in total. The maximum absolute atomic E-state index is 11.9. The van der Waals surface area contributed by atoms with Crippen molar-refractivity contribution in [1.82, 2.24) is 16.0 Å². The van der Waals surface area contributed by atoms with E-state index in [2.05, 4.69) is 20.7 Å². The molecule has 0 fully saturated rings. The van der Waals surface area contributed by atoms with Crippen LogP contribution >= 0.6 is 0 Å². The van der Waals surface area contributed by atoms with Gasteiger partial charge in [0, 0.05) is 6.54 Å². The topological polar surface area (TPSA) is 186 Å². The Morgan fingerprint density at radius 2 is 1.71 bits per heavy atom. The van der Waals surface area contributed by atoms with E-state index in [1.165, 1.54) is 0 Å². The summed E-state index contributed by atoms with van der Waals surface area (Å²) >= 11 is 0. The van der Waals surface area contributed by atoms with Gasteiger partial charge in [-0.2, -0.15) is 0 Å². The van der Waals surface area contributed by atoms with E-state index < -0.39 is 42.3 Å². The maximum Gasteiger partial charge on any atom is 0.329 e. The molecule has 1 atom stereocenters. The van der Waals surface area contributed by atoms with Crippen LogP contribution in [0.2, 0.25) is 0 Å². The summed E-state index contributed by atoms with van der Waals surface area (Å²) in [5, 5.41) is 15.7. The first-order valence-electron chi connectivity index (χ1n) is 8.79. The summed E-state index contributed by atoms with van der Waals surface area (Å²) in [4.78, 5) is 56.5. The largest absolute Gasteiger partial charge is 0.480 e. The van der Waals surface area contributed by atoms with Crippen LogP contribution in [0, 0.1) is 0 Å². The van der Waals surface area contributed by atoms with Gasteiger partial charge < -0.3 is 36.3 Å². The Morgan fingerprint density at radius 1 is 1.00 bits per heavy atom. The molecule has 28 heavy (non-hydrogen) atoms. The van der Waals surface area contributed by atoms with E-state index in [9.17, 15) is 24.0 Å². The minimum absolute atomic E-state index is 0.154. The Bertz CT molecular complexity index is 541. The molecule has 0 saturated heterocycles. The van der Waals surface area contributed by atoms with Crippen molar-refractivity contribution in [3.05, 3.63) is 0 Å². The number of nitrogens with two attached hydrogens (primary N) is 1. The summed E-state index contributed by atoms with van der Waals surface area (Å²) in [5.74, 6) is -3.25.